The van der Waals surface area contributed by atoms with E-state index >= 15 is 0 Å². The zero-order valence-corrected chi connectivity index (χ0v) is 16.8. The van der Waals surface area contributed by atoms with Crippen molar-refractivity contribution < 1.29 is 4.79 Å². The highest BCUT2D eigenvalue weighted by Gasteiger charge is 2.63. The normalized spacial score (nSPS) is 24.4. The SMILES string of the molecule is CC(=O)[C@H]1[C@@H](c2cccc(I)c2)C(C#N)(C#N)[C@H]2c3ccccc3C=CN12. The van der Waals surface area contributed by atoms with Crippen molar-refractivity contribution in [3.05, 3.63) is 75.0 Å². The lowest BCUT2D eigenvalue weighted by Gasteiger charge is -2.34. The second kappa shape index (κ2) is 6.51. The van der Waals surface area contributed by atoms with E-state index in [0.29, 0.717) is 0 Å². The Bertz CT molecular complexity index is 1030. The Hall–Kier alpha value is -2.64. The molecule has 2 aromatic rings. The lowest BCUT2D eigenvalue weighted by atomic mass is 9.68. The molecular formula is C22H16IN3O. The first-order chi connectivity index (χ1) is 13.0. The number of nitrogens with zero attached hydrogens (tertiary/aromatic N) is 3. The van der Waals surface area contributed by atoms with E-state index < -0.39 is 23.4 Å². The molecule has 2 aliphatic heterocycles. The van der Waals surface area contributed by atoms with Gasteiger partial charge < -0.3 is 4.90 Å². The predicted molar refractivity (Wildman–Crippen MR) is 110 cm³/mol. The summed E-state index contributed by atoms with van der Waals surface area (Å²) in [6.07, 6.45) is 3.83. The number of Topliss-reactive ketones (excluding diaryl/α,β-unsaturated/α-hetero) is 1. The van der Waals surface area contributed by atoms with E-state index in [9.17, 15) is 15.3 Å². The number of benzene rings is 2. The summed E-state index contributed by atoms with van der Waals surface area (Å²) in [5, 5.41) is 20.5. The molecule has 1 fully saturated rings. The zero-order valence-electron chi connectivity index (χ0n) is 14.6. The fourth-order valence-corrected chi connectivity index (χ4v) is 5.09. The number of carbonyl (C=O) groups excluding carboxylic acids is 1. The summed E-state index contributed by atoms with van der Waals surface area (Å²) in [5.74, 6) is -0.569. The van der Waals surface area contributed by atoms with Gasteiger partial charge in [-0.3, -0.25) is 4.79 Å². The molecule has 0 spiro atoms. The fraction of sp³-hybridized carbons (Fsp3) is 0.227. The van der Waals surface area contributed by atoms with Crippen LogP contribution >= 0.6 is 22.6 Å². The quantitative estimate of drug-likeness (QED) is 0.617. The second-order valence-electron chi connectivity index (χ2n) is 6.98. The molecule has 0 bridgehead atoms. The Morgan fingerprint density at radius 2 is 1.89 bits per heavy atom. The van der Waals surface area contributed by atoms with E-state index in [1.54, 1.807) is 6.92 Å². The molecule has 0 aliphatic carbocycles. The Morgan fingerprint density at radius 3 is 2.56 bits per heavy atom. The van der Waals surface area contributed by atoms with Gasteiger partial charge in [-0.1, -0.05) is 36.4 Å². The lowest BCUT2D eigenvalue weighted by molar-refractivity contribution is -0.121. The summed E-state index contributed by atoms with van der Waals surface area (Å²) in [5.41, 5.74) is 1.40. The Balaban J connectivity index is 2.02. The largest absolute Gasteiger partial charge is 0.357 e. The van der Waals surface area contributed by atoms with E-state index in [0.717, 1.165) is 20.3 Å². The number of halogens is 1. The number of hydrogen-bond acceptors (Lipinski definition) is 4. The number of ketones is 1. The number of nitriles is 2. The van der Waals surface area contributed by atoms with Crippen molar-refractivity contribution in [3.8, 4) is 12.1 Å². The summed E-state index contributed by atoms with van der Waals surface area (Å²) in [6, 6.07) is 19.2. The van der Waals surface area contributed by atoms with Gasteiger partial charge in [0.05, 0.1) is 24.2 Å². The minimum Gasteiger partial charge on any atom is -0.357 e. The van der Waals surface area contributed by atoms with Crippen molar-refractivity contribution in [3.63, 3.8) is 0 Å². The smallest absolute Gasteiger partial charge is 0.177 e. The van der Waals surface area contributed by atoms with Crippen LogP contribution in [0.3, 0.4) is 0 Å². The molecule has 27 heavy (non-hydrogen) atoms. The third kappa shape index (κ3) is 2.49. The zero-order chi connectivity index (χ0) is 19.2. The molecule has 132 valence electrons. The summed E-state index contributed by atoms with van der Waals surface area (Å²) in [4.78, 5) is 14.6. The van der Waals surface area contributed by atoms with Crippen molar-refractivity contribution in [1.29, 1.82) is 10.5 Å². The van der Waals surface area contributed by atoms with Gasteiger partial charge >= 0.3 is 0 Å². The molecule has 4 nitrogen and oxygen atoms in total. The third-order valence-electron chi connectivity index (χ3n) is 5.57. The maximum absolute atomic E-state index is 12.7. The molecule has 0 amide bonds. The van der Waals surface area contributed by atoms with Crippen LogP contribution in [0.2, 0.25) is 0 Å². The second-order valence-corrected chi connectivity index (χ2v) is 8.22. The van der Waals surface area contributed by atoms with Crippen molar-refractivity contribution in [2.24, 2.45) is 5.41 Å². The molecule has 5 heteroatoms. The fourth-order valence-electron chi connectivity index (χ4n) is 4.53. The Labute approximate surface area is 171 Å². The van der Waals surface area contributed by atoms with Crippen LogP contribution in [0.5, 0.6) is 0 Å². The van der Waals surface area contributed by atoms with E-state index in [4.69, 9.17) is 0 Å². The summed E-state index contributed by atoms with van der Waals surface area (Å²) >= 11 is 2.22. The van der Waals surface area contributed by atoms with E-state index in [2.05, 4.69) is 34.7 Å². The van der Waals surface area contributed by atoms with Gasteiger partial charge in [0, 0.05) is 15.7 Å². The van der Waals surface area contributed by atoms with Gasteiger partial charge in [-0.25, -0.2) is 0 Å². The van der Waals surface area contributed by atoms with Crippen molar-refractivity contribution in [1.82, 2.24) is 4.90 Å². The van der Waals surface area contributed by atoms with E-state index in [1.807, 2.05) is 65.7 Å². The molecule has 0 N–H and O–H groups in total. The maximum atomic E-state index is 12.7. The van der Waals surface area contributed by atoms with Crippen LogP contribution in [0.4, 0.5) is 0 Å². The highest BCUT2D eigenvalue weighted by Crippen LogP contribution is 2.59. The topological polar surface area (TPSA) is 67.9 Å². The summed E-state index contributed by atoms with van der Waals surface area (Å²) in [6.45, 7) is 1.54. The predicted octanol–water partition coefficient (Wildman–Crippen LogP) is 4.41. The molecule has 0 unspecified atom stereocenters. The van der Waals surface area contributed by atoms with E-state index in [-0.39, 0.29) is 5.78 Å². The first-order valence-corrected chi connectivity index (χ1v) is 9.74. The average molecular weight is 465 g/mol. The minimum absolute atomic E-state index is 0.0414. The van der Waals surface area contributed by atoms with Crippen LogP contribution in [0.15, 0.2) is 54.7 Å². The van der Waals surface area contributed by atoms with Gasteiger partial charge in [0.25, 0.3) is 0 Å². The van der Waals surface area contributed by atoms with Gasteiger partial charge in [0.15, 0.2) is 11.2 Å². The third-order valence-corrected chi connectivity index (χ3v) is 6.24. The molecule has 0 aromatic heterocycles. The Morgan fingerprint density at radius 1 is 1.15 bits per heavy atom. The molecular weight excluding hydrogens is 449 g/mol. The highest BCUT2D eigenvalue weighted by molar-refractivity contribution is 14.1. The van der Waals surface area contributed by atoms with Crippen LogP contribution in [0.1, 0.15) is 35.6 Å². The van der Waals surface area contributed by atoms with Gasteiger partial charge in [-0.05, 0) is 64.4 Å². The monoisotopic (exact) mass is 465 g/mol. The molecule has 0 saturated carbocycles. The highest BCUT2D eigenvalue weighted by atomic mass is 127. The van der Waals surface area contributed by atoms with Crippen LogP contribution in [0.25, 0.3) is 6.08 Å². The minimum atomic E-state index is -1.36. The number of rotatable bonds is 2. The van der Waals surface area contributed by atoms with Gasteiger partial charge in [-0.15, -0.1) is 0 Å². The number of carbonyl (C=O) groups is 1. The molecule has 0 radical (unpaired) electrons. The van der Waals surface area contributed by atoms with Gasteiger partial charge in [-0.2, -0.15) is 10.5 Å². The van der Waals surface area contributed by atoms with Crippen LogP contribution in [-0.2, 0) is 4.79 Å². The molecule has 2 aliphatic rings. The summed E-state index contributed by atoms with van der Waals surface area (Å²) < 4.78 is 1.01. The average Bonchev–Trinajstić information content (AvgIpc) is 2.99. The molecule has 2 aromatic carbocycles. The lowest BCUT2D eigenvalue weighted by Crippen LogP contribution is -2.36. The first kappa shape index (κ1) is 17.8. The van der Waals surface area contributed by atoms with Crippen LogP contribution in [0, 0.1) is 31.6 Å². The maximum Gasteiger partial charge on any atom is 0.177 e. The molecule has 4 rings (SSSR count). The van der Waals surface area contributed by atoms with Gasteiger partial charge in [0.1, 0.15) is 0 Å². The molecule has 1 saturated heterocycles. The number of fused-ring (bicyclic) bond motifs is 3. The van der Waals surface area contributed by atoms with Gasteiger partial charge in [0.2, 0.25) is 0 Å². The standard InChI is InChI=1S/C22H16IN3O/c1-14(27)20-19(16-6-4-7-17(23)11-16)22(12-24,13-25)21-18-8-3-2-5-15(18)9-10-26(20)21/h2-11,19-21H,1H3/t19-,20+,21-/m1/s1. The molecule has 2 heterocycles. The first-order valence-electron chi connectivity index (χ1n) is 8.66. The van der Waals surface area contributed by atoms with Crippen LogP contribution < -0.4 is 0 Å². The van der Waals surface area contributed by atoms with Crippen molar-refractivity contribution in [2.75, 3.05) is 0 Å². The number of hydrogen-bond donors (Lipinski definition) is 0. The van der Waals surface area contributed by atoms with Crippen molar-refractivity contribution in [2.45, 2.75) is 24.9 Å². The Kier molecular flexibility index (Phi) is 4.28. The summed E-state index contributed by atoms with van der Waals surface area (Å²) in [7, 11) is 0. The van der Waals surface area contributed by atoms with E-state index in [1.165, 1.54) is 0 Å². The van der Waals surface area contributed by atoms with Crippen LogP contribution in [-0.4, -0.2) is 16.7 Å². The van der Waals surface area contributed by atoms with Crippen molar-refractivity contribution >= 4 is 34.5 Å². The molecule has 3 atom stereocenters.